The first-order valence-electron chi connectivity index (χ1n) is 13.9. The molecule has 2 amide bonds. The van der Waals surface area contributed by atoms with Crippen molar-refractivity contribution in [1.82, 2.24) is 10.8 Å². The summed E-state index contributed by atoms with van der Waals surface area (Å²) in [7, 11) is 0. The molecule has 8 nitrogen and oxygen atoms in total. The molecule has 8 heteroatoms. The zero-order chi connectivity index (χ0) is 29.3. The highest BCUT2D eigenvalue weighted by Crippen LogP contribution is 2.33. The number of amides is 2. The monoisotopic (exact) mass is 558 g/mol. The summed E-state index contributed by atoms with van der Waals surface area (Å²) in [6.45, 7) is 5.85. The van der Waals surface area contributed by atoms with Gasteiger partial charge in [-0.15, -0.1) is 0 Å². The second-order valence-electron chi connectivity index (χ2n) is 11.4. The molecule has 0 radical (unpaired) electrons. The highest BCUT2D eigenvalue weighted by Gasteiger charge is 2.38. The maximum absolute atomic E-state index is 12.7. The summed E-state index contributed by atoms with van der Waals surface area (Å²) in [4.78, 5) is 43.4. The quantitative estimate of drug-likeness (QED) is 0.218. The second kappa shape index (κ2) is 13.5. The van der Waals surface area contributed by atoms with Gasteiger partial charge in [0.15, 0.2) is 0 Å². The van der Waals surface area contributed by atoms with Crippen LogP contribution < -0.4 is 10.8 Å². The Bertz CT molecular complexity index is 1330. The Balaban J connectivity index is 1.27. The molecular formula is C33H38N2O6. The van der Waals surface area contributed by atoms with Crippen LogP contribution in [-0.2, 0) is 32.3 Å². The molecule has 0 aliphatic heterocycles. The molecule has 1 saturated carbocycles. The van der Waals surface area contributed by atoms with Crippen molar-refractivity contribution in [3.05, 3.63) is 95.6 Å². The molecule has 2 N–H and O–H groups in total. The maximum Gasteiger partial charge on any atom is 0.407 e. The summed E-state index contributed by atoms with van der Waals surface area (Å²) in [5, 5.41) is 2.94. The minimum Gasteiger partial charge on any atom is -0.456 e. The van der Waals surface area contributed by atoms with Gasteiger partial charge in [-0.3, -0.25) is 9.63 Å². The van der Waals surface area contributed by atoms with Crippen molar-refractivity contribution in [3.63, 3.8) is 0 Å². The number of nitrogens with one attached hydrogen (secondary N) is 2. The van der Waals surface area contributed by atoms with E-state index in [-0.39, 0.29) is 31.5 Å². The third-order valence-corrected chi connectivity index (χ3v) is 6.88. The Morgan fingerprint density at radius 2 is 1.44 bits per heavy atom. The van der Waals surface area contributed by atoms with Gasteiger partial charge in [-0.2, -0.15) is 0 Å². The van der Waals surface area contributed by atoms with Crippen LogP contribution in [0, 0.1) is 0 Å². The lowest BCUT2D eigenvalue weighted by atomic mass is 9.93. The summed E-state index contributed by atoms with van der Waals surface area (Å²) in [6.07, 6.45) is 2.83. The SMILES string of the molecule is CC(C)(C)OC(=O)c1ccccc1-c1ccc(CONC(=O)CC2(NC(=O)OCc3ccccc3)CCCC2)cc1. The van der Waals surface area contributed by atoms with E-state index in [9.17, 15) is 14.4 Å². The van der Waals surface area contributed by atoms with Crippen molar-refractivity contribution in [1.29, 1.82) is 0 Å². The van der Waals surface area contributed by atoms with E-state index in [1.54, 1.807) is 6.07 Å². The van der Waals surface area contributed by atoms with Gasteiger partial charge in [0.05, 0.1) is 24.1 Å². The molecular weight excluding hydrogens is 520 g/mol. The molecule has 0 bridgehead atoms. The van der Waals surface area contributed by atoms with Crippen molar-refractivity contribution >= 4 is 18.0 Å². The van der Waals surface area contributed by atoms with Crippen LogP contribution in [0.4, 0.5) is 4.79 Å². The van der Waals surface area contributed by atoms with Crippen LogP contribution >= 0.6 is 0 Å². The van der Waals surface area contributed by atoms with Crippen LogP contribution in [0.1, 0.15) is 74.4 Å². The molecule has 3 aromatic carbocycles. The Kier molecular flexibility index (Phi) is 9.78. The summed E-state index contributed by atoms with van der Waals surface area (Å²) < 4.78 is 10.9. The number of alkyl carbamates (subject to hydrolysis) is 1. The van der Waals surface area contributed by atoms with Gasteiger partial charge in [0.25, 0.3) is 0 Å². The largest absolute Gasteiger partial charge is 0.456 e. The maximum atomic E-state index is 12.7. The zero-order valence-corrected chi connectivity index (χ0v) is 23.9. The highest BCUT2D eigenvalue weighted by atomic mass is 16.6. The molecule has 4 rings (SSSR count). The van der Waals surface area contributed by atoms with E-state index >= 15 is 0 Å². The average molecular weight is 559 g/mol. The molecule has 1 aliphatic carbocycles. The average Bonchev–Trinajstić information content (AvgIpc) is 3.39. The van der Waals surface area contributed by atoms with Crippen molar-refractivity contribution in [2.45, 2.75) is 77.2 Å². The smallest absolute Gasteiger partial charge is 0.407 e. The molecule has 0 heterocycles. The molecule has 0 atom stereocenters. The highest BCUT2D eigenvalue weighted by molar-refractivity contribution is 5.97. The number of hydrogen-bond donors (Lipinski definition) is 2. The number of benzene rings is 3. The lowest BCUT2D eigenvalue weighted by molar-refractivity contribution is -0.136. The number of rotatable bonds is 10. The van der Waals surface area contributed by atoms with Crippen LogP contribution in [0.3, 0.4) is 0 Å². The minimum atomic E-state index is -0.648. The van der Waals surface area contributed by atoms with Crippen LogP contribution in [0.15, 0.2) is 78.9 Å². The van der Waals surface area contributed by atoms with Crippen LogP contribution in [0.5, 0.6) is 0 Å². The van der Waals surface area contributed by atoms with Gasteiger partial charge in [0, 0.05) is 0 Å². The molecule has 1 aliphatic rings. The minimum absolute atomic E-state index is 0.105. The second-order valence-corrected chi connectivity index (χ2v) is 11.4. The first kappa shape index (κ1) is 29.8. The lowest BCUT2D eigenvalue weighted by Crippen LogP contribution is -2.49. The van der Waals surface area contributed by atoms with Gasteiger partial charge in [-0.05, 0) is 61.9 Å². The van der Waals surface area contributed by atoms with Crippen molar-refractivity contribution < 1.29 is 28.7 Å². The Morgan fingerprint density at radius 3 is 2.12 bits per heavy atom. The normalized spacial score (nSPS) is 14.2. The lowest BCUT2D eigenvalue weighted by Gasteiger charge is -2.29. The standard InChI is InChI=1S/C33H38N2O6/c1-32(2,3)41-30(37)28-14-8-7-13-27(28)26-17-15-25(16-18-26)23-40-35-29(36)21-33(19-9-10-20-33)34-31(38)39-22-24-11-5-4-6-12-24/h4-8,11-18H,9-10,19-23H2,1-3H3,(H,34,38)(H,35,36). The van der Waals surface area contributed by atoms with E-state index in [1.807, 2.05) is 93.6 Å². The predicted molar refractivity (Wildman–Crippen MR) is 156 cm³/mol. The third-order valence-electron chi connectivity index (χ3n) is 6.88. The van der Waals surface area contributed by atoms with Gasteiger partial charge >= 0.3 is 12.1 Å². The Labute approximate surface area is 241 Å². The van der Waals surface area contributed by atoms with Crippen molar-refractivity contribution in [2.75, 3.05) is 0 Å². The molecule has 41 heavy (non-hydrogen) atoms. The molecule has 0 spiro atoms. The Hall–Kier alpha value is -4.17. The number of carbonyl (C=O) groups is 3. The number of carbonyl (C=O) groups excluding carboxylic acids is 3. The molecule has 0 aromatic heterocycles. The zero-order valence-electron chi connectivity index (χ0n) is 23.9. The van der Waals surface area contributed by atoms with Crippen LogP contribution in [0.2, 0.25) is 0 Å². The van der Waals surface area contributed by atoms with Crippen LogP contribution in [-0.4, -0.2) is 29.1 Å². The van der Waals surface area contributed by atoms with Gasteiger partial charge in [-0.25, -0.2) is 15.1 Å². The molecule has 0 unspecified atom stereocenters. The Morgan fingerprint density at radius 1 is 0.805 bits per heavy atom. The van der Waals surface area contributed by atoms with Crippen LogP contribution in [0.25, 0.3) is 11.1 Å². The number of hydroxylamine groups is 1. The first-order valence-corrected chi connectivity index (χ1v) is 13.9. The first-order chi connectivity index (χ1) is 19.6. The molecule has 0 saturated heterocycles. The van der Waals surface area contributed by atoms with E-state index < -0.39 is 17.2 Å². The topological polar surface area (TPSA) is 103 Å². The third kappa shape index (κ3) is 8.91. The number of hydrogen-bond acceptors (Lipinski definition) is 6. The fraction of sp³-hybridized carbons (Fsp3) is 0.364. The van der Waals surface area contributed by atoms with Gasteiger partial charge in [0.1, 0.15) is 12.2 Å². The van der Waals surface area contributed by atoms with Gasteiger partial charge in [0.2, 0.25) is 5.91 Å². The van der Waals surface area contributed by atoms with E-state index in [1.165, 1.54) is 0 Å². The van der Waals surface area contributed by atoms with Crippen molar-refractivity contribution in [2.24, 2.45) is 0 Å². The van der Waals surface area contributed by atoms with Gasteiger partial charge < -0.3 is 14.8 Å². The fourth-order valence-electron chi connectivity index (χ4n) is 4.94. The summed E-state index contributed by atoms with van der Waals surface area (Å²) in [6, 6.07) is 24.4. The van der Waals surface area contributed by atoms with E-state index in [2.05, 4.69) is 10.8 Å². The van der Waals surface area contributed by atoms with E-state index in [4.69, 9.17) is 14.3 Å². The molecule has 216 valence electrons. The summed E-state index contributed by atoms with van der Waals surface area (Å²) in [5.74, 6) is -0.680. The predicted octanol–water partition coefficient (Wildman–Crippen LogP) is 6.49. The van der Waals surface area contributed by atoms with E-state index in [0.717, 1.165) is 35.1 Å². The fourth-order valence-corrected chi connectivity index (χ4v) is 4.94. The summed E-state index contributed by atoms with van der Waals surface area (Å²) >= 11 is 0. The summed E-state index contributed by atoms with van der Waals surface area (Å²) in [5.41, 5.74) is 5.17. The number of ether oxygens (including phenoxy) is 2. The van der Waals surface area contributed by atoms with Crippen molar-refractivity contribution in [3.8, 4) is 11.1 Å². The molecule has 1 fully saturated rings. The molecule has 3 aromatic rings. The van der Waals surface area contributed by atoms with Gasteiger partial charge in [-0.1, -0.05) is 85.6 Å². The van der Waals surface area contributed by atoms with E-state index in [0.29, 0.717) is 18.4 Å². The number of esters is 1.